The lowest BCUT2D eigenvalue weighted by molar-refractivity contribution is -0.130. The van der Waals surface area contributed by atoms with Gasteiger partial charge in [-0.05, 0) is 32.8 Å². The second-order valence-corrected chi connectivity index (χ2v) is 11.0. The van der Waals surface area contributed by atoms with Crippen LogP contribution in [0.3, 0.4) is 0 Å². The van der Waals surface area contributed by atoms with Crippen LogP contribution in [0.25, 0.3) is 16.1 Å². The summed E-state index contributed by atoms with van der Waals surface area (Å²) in [5, 5.41) is 0.685. The van der Waals surface area contributed by atoms with Crippen molar-refractivity contribution in [3.63, 3.8) is 0 Å². The number of piperidine rings is 1. The number of hydrogen-bond acceptors (Lipinski definition) is 5. The number of carbonyl (C=O) groups is 3. The first kappa shape index (κ1) is 26.9. The molecule has 202 valence electrons. The van der Waals surface area contributed by atoms with Crippen LogP contribution < -0.4 is 4.90 Å². The zero-order chi connectivity index (χ0) is 27.7. The minimum atomic E-state index is -3.32. The van der Waals surface area contributed by atoms with Crippen LogP contribution in [0, 0.1) is 12.8 Å². The van der Waals surface area contributed by atoms with Crippen molar-refractivity contribution in [2.75, 3.05) is 24.5 Å². The molecule has 9 heteroatoms. The third kappa shape index (κ3) is 5.41. The van der Waals surface area contributed by atoms with Crippen LogP contribution in [-0.4, -0.2) is 53.0 Å². The Balaban J connectivity index is 1.47. The fourth-order valence-corrected chi connectivity index (χ4v) is 6.20. The monoisotopic (exact) mass is 549 g/mol. The number of nitrogens with zero attached hydrogens (tertiary/aromatic N) is 3. The molecule has 2 aliphatic rings. The molecular weight excluding hydrogens is 520 g/mol. The molecule has 6 nitrogen and oxygen atoms in total. The number of thiazole rings is 1. The van der Waals surface area contributed by atoms with Gasteiger partial charge in [-0.1, -0.05) is 48.5 Å². The SMILES string of the molecule is CC(=O)C1CCN(C(=O)/C=C2/c3ccccc3N(C(=O)c3sc(-c4ccccc4)nc3C)CCC2(F)F)CC1. The van der Waals surface area contributed by atoms with Crippen molar-refractivity contribution < 1.29 is 23.2 Å². The number of ketones is 1. The quantitative estimate of drug-likeness (QED) is 0.374. The number of alkyl halides is 2. The van der Waals surface area contributed by atoms with E-state index >= 15 is 8.78 Å². The molecule has 0 aliphatic carbocycles. The van der Waals surface area contributed by atoms with Gasteiger partial charge in [-0.3, -0.25) is 14.4 Å². The molecule has 0 spiro atoms. The number of rotatable bonds is 4. The van der Waals surface area contributed by atoms with Gasteiger partial charge in [0, 0.05) is 54.7 Å². The third-order valence-electron chi connectivity index (χ3n) is 7.43. The van der Waals surface area contributed by atoms with E-state index in [2.05, 4.69) is 4.98 Å². The minimum absolute atomic E-state index is 0.0847. The lowest BCUT2D eigenvalue weighted by atomic mass is 9.93. The number of benzene rings is 2. The molecule has 0 saturated carbocycles. The van der Waals surface area contributed by atoms with Crippen molar-refractivity contribution in [2.24, 2.45) is 5.92 Å². The Morgan fingerprint density at radius 3 is 2.36 bits per heavy atom. The topological polar surface area (TPSA) is 70.6 Å². The number of fused-ring (bicyclic) bond motifs is 1. The number of likely N-dealkylation sites (tertiary alicyclic amines) is 1. The molecule has 39 heavy (non-hydrogen) atoms. The van der Waals surface area contributed by atoms with Crippen molar-refractivity contribution in [2.45, 2.75) is 39.0 Å². The first-order valence-corrected chi connectivity index (χ1v) is 13.8. The van der Waals surface area contributed by atoms with Crippen molar-refractivity contribution in [1.29, 1.82) is 0 Å². The zero-order valence-electron chi connectivity index (χ0n) is 21.8. The van der Waals surface area contributed by atoms with Crippen LogP contribution in [-0.2, 0) is 9.59 Å². The first-order valence-electron chi connectivity index (χ1n) is 13.0. The number of anilines is 1. The van der Waals surface area contributed by atoms with Gasteiger partial charge in [0.2, 0.25) is 5.91 Å². The van der Waals surface area contributed by atoms with Gasteiger partial charge >= 0.3 is 0 Å². The fraction of sp³-hybridized carbons (Fsp3) is 0.333. The molecule has 2 aliphatic heterocycles. The summed E-state index contributed by atoms with van der Waals surface area (Å²) in [6.07, 6.45) is 1.45. The van der Waals surface area contributed by atoms with E-state index in [1.54, 1.807) is 25.1 Å². The van der Waals surface area contributed by atoms with E-state index in [1.165, 1.54) is 34.1 Å². The largest absolute Gasteiger partial charge is 0.339 e. The molecule has 3 heterocycles. The van der Waals surface area contributed by atoms with E-state index in [0.29, 0.717) is 47.2 Å². The lowest BCUT2D eigenvalue weighted by Gasteiger charge is -2.30. The number of halogens is 2. The molecule has 5 rings (SSSR count). The van der Waals surface area contributed by atoms with Crippen LogP contribution >= 0.6 is 11.3 Å². The maximum absolute atomic E-state index is 15.6. The standard InChI is InChI=1S/C30H29F2N3O3S/c1-19-27(39-28(33-19)22-8-4-3-5-9-22)29(38)35-17-14-30(31,32)24(23-10-6-7-11-25(23)35)18-26(37)34-15-12-21(13-16-34)20(2)36/h3-11,18,21H,12-17H2,1-2H3/b24-18-. The minimum Gasteiger partial charge on any atom is -0.339 e. The van der Waals surface area contributed by atoms with Gasteiger partial charge in [0.05, 0.1) is 11.4 Å². The molecule has 1 saturated heterocycles. The number of allylic oxidation sites excluding steroid dienone is 1. The van der Waals surface area contributed by atoms with Crippen LogP contribution in [0.4, 0.5) is 14.5 Å². The summed E-state index contributed by atoms with van der Waals surface area (Å²) in [6, 6.07) is 16.0. The number of para-hydroxylation sites is 1. The van der Waals surface area contributed by atoms with Gasteiger partial charge in [-0.15, -0.1) is 11.3 Å². The summed E-state index contributed by atoms with van der Waals surface area (Å²) in [5.74, 6) is -4.24. The normalized spacial score (nSPS) is 18.5. The summed E-state index contributed by atoms with van der Waals surface area (Å²) in [4.78, 5) is 46.4. The summed E-state index contributed by atoms with van der Waals surface area (Å²) in [6.45, 7) is 3.76. The van der Waals surface area contributed by atoms with E-state index in [4.69, 9.17) is 0 Å². The smallest absolute Gasteiger partial charge is 0.275 e. The Hall–Kier alpha value is -3.72. The Morgan fingerprint density at radius 1 is 1.00 bits per heavy atom. The fourth-order valence-electron chi connectivity index (χ4n) is 5.18. The predicted octanol–water partition coefficient (Wildman–Crippen LogP) is 6.02. The van der Waals surface area contributed by atoms with E-state index in [1.807, 2.05) is 30.3 Å². The lowest BCUT2D eigenvalue weighted by Crippen LogP contribution is -2.39. The van der Waals surface area contributed by atoms with E-state index in [-0.39, 0.29) is 23.8 Å². The summed E-state index contributed by atoms with van der Waals surface area (Å²) >= 11 is 1.24. The molecular formula is C30H29F2N3O3S. The molecule has 1 aromatic heterocycles. The van der Waals surface area contributed by atoms with Gasteiger partial charge in [0.15, 0.2) is 0 Å². The molecule has 2 aromatic carbocycles. The van der Waals surface area contributed by atoms with E-state index < -0.39 is 29.7 Å². The maximum atomic E-state index is 15.6. The highest BCUT2D eigenvalue weighted by atomic mass is 32.1. The number of hydrogen-bond donors (Lipinski definition) is 0. The van der Waals surface area contributed by atoms with Gasteiger partial charge in [0.1, 0.15) is 15.7 Å². The number of carbonyl (C=O) groups excluding carboxylic acids is 3. The zero-order valence-corrected chi connectivity index (χ0v) is 22.6. The summed E-state index contributed by atoms with van der Waals surface area (Å²) < 4.78 is 31.2. The molecule has 3 aromatic rings. The second kappa shape index (κ2) is 10.8. The third-order valence-corrected chi connectivity index (χ3v) is 8.63. The van der Waals surface area contributed by atoms with E-state index in [0.717, 1.165) is 11.6 Å². The van der Waals surface area contributed by atoms with Crippen LogP contribution in [0.5, 0.6) is 0 Å². The molecule has 2 amide bonds. The molecule has 0 bridgehead atoms. The highest BCUT2D eigenvalue weighted by Crippen LogP contribution is 2.44. The maximum Gasteiger partial charge on any atom is 0.275 e. The van der Waals surface area contributed by atoms with Gasteiger partial charge in [-0.2, -0.15) is 0 Å². The van der Waals surface area contributed by atoms with Gasteiger partial charge < -0.3 is 9.80 Å². The highest BCUT2D eigenvalue weighted by molar-refractivity contribution is 7.17. The molecule has 0 N–H and O–H groups in total. The molecule has 1 fully saturated rings. The average Bonchev–Trinajstić information content (AvgIpc) is 3.29. The van der Waals surface area contributed by atoms with Gasteiger partial charge in [0.25, 0.3) is 11.8 Å². The molecule has 0 atom stereocenters. The predicted molar refractivity (Wildman–Crippen MR) is 148 cm³/mol. The summed E-state index contributed by atoms with van der Waals surface area (Å²) in [5.41, 5.74) is 1.52. The molecule has 0 radical (unpaired) electrons. The molecule has 0 unspecified atom stereocenters. The Labute approximate surface area is 230 Å². The number of aromatic nitrogens is 1. The van der Waals surface area contributed by atoms with E-state index in [9.17, 15) is 14.4 Å². The van der Waals surface area contributed by atoms with Crippen LogP contribution in [0.1, 0.15) is 47.1 Å². The number of aryl methyl sites for hydroxylation is 1. The van der Waals surface area contributed by atoms with Crippen molar-refractivity contribution in [1.82, 2.24) is 9.88 Å². The first-order chi connectivity index (χ1) is 18.7. The Bertz CT molecular complexity index is 1440. The summed E-state index contributed by atoms with van der Waals surface area (Å²) in [7, 11) is 0. The van der Waals surface area contributed by atoms with Crippen LogP contribution in [0.2, 0.25) is 0 Å². The van der Waals surface area contributed by atoms with Crippen molar-refractivity contribution in [3.8, 4) is 10.6 Å². The Morgan fingerprint density at radius 2 is 1.67 bits per heavy atom. The highest BCUT2D eigenvalue weighted by Gasteiger charge is 2.42. The average molecular weight is 550 g/mol. The van der Waals surface area contributed by atoms with Crippen LogP contribution in [0.15, 0.2) is 60.7 Å². The van der Waals surface area contributed by atoms with Gasteiger partial charge in [-0.25, -0.2) is 13.8 Å². The second-order valence-electron chi connectivity index (χ2n) is 10.00. The number of amides is 2. The van der Waals surface area contributed by atoms with Crippen molar-refractivity contribution in [3.05, 3.63) is 76.8 Å². The number of Topliss-reactive ketones (excluding diaryl/α,β-unsaturated/α-hetero) is 1. The van der Waals surface area contributed by atoms with Crippen molar-refractivity contribution >= 4 is 40.2 Å². The Kier molecular flexibility index (Phi) is 7.44.